The van der Waals surface area contributed by atoms with Crippen LogP contribution in [0.4, 0.5) is 0 Å². The van der Waals surface area contributed by atoms with Crippen molar-refractivity contribution in [3.63, 3.8) is 0 Å². The van der Waals surface area contributed by atoms with Crippen molar-refractivity contribution in [2.24, 2.45) is 11.1 Å². The summed E-state index contributed by atoms with van der Waals surface area (Å²) >= 11 is 0. The number of hydrogen-bond donors (Lipinski definition) is 1. The fraction of sp³-hybridized carbons (Fsp3) is 0.526. The second-order valence-electron chi connectivity index (χ2n) is 6.60. The smallest absolute Gasteiger partial charge is 0.271 e. The van der Waals surface area contributed by atoms with Gasteiger partial charge in [-0.3, -0.25) is 9.59 Å². The number of nitrogens with one attached hydrogen (secondary N) is 1. The molecule has 0 bridgehead atoms. The molecule has 2 aliphatic heterocycles. The Morgan fingerprint density at radius 3 is 2.64 bits per heavy atom. The van der Waals surface area contributed by atoms with E-state index in [1.165, 1.54) is 0 Å². The number of nitrogens with zero attached hydrogens (tertiary/aromatic N) is 2. The van der Waals surface area contributed by atoms with Crippen LogP contribution in [0.25, 0.3) is 0 Å². The molecule has 2 aliphatic rings. The largest absolute Gasteiger partial charge is 0.387 e. The van der Waals surface area contributed by atoms with Crippen LogP contribution in [0.3, 0.4) is 0 Å². The lowest BCUT2D eigenvalue weighted by Gasteiger charge is -2.31. The van der Waals surface area contributed by atoms with Gasteiger partial charge in [-0.15, -0.1) is 0 Å². The van der Waals surface area contributed by atoms with Crippen molar-refractivity contribution in [2.75, 3.05) is 19.6 Å². The van der Waals surface area contributed by atoms with Crippen LogP contribution >= 0.6 is 0 Å². The van der Waals surface area contributed by atoms with Crippen molar-refractivity contribution in [2.45, 2.75) is 38.7 Å². The van der Waals surface area contributed by atoms with E-state index in [1.54, 1.807) is 4.90 Å². The number of piperidine rings is 1. The fourth-order valence-electron chi connectivity index (χ4n) is 3.27. The molecule has 1 atom stereocenters. The molecule has 1 N–H and O–H groups in total. The molecule has 0 radical (unpaired) electrons. The summed E-state index contributed by atoms with van der Waals surface area (Å²) in [5.41, 5.74) is 1.50. The lowest BCUT2D eigenvalue weighted by molar-refractivity contribution is -0.131. The van der Waals surface area contributed by atoms with Crippen LogP contribution < -0.4 is 5.32 Å². The molecule has 3 rings (SSSR count). The Morgan fingerprint density at radius 2 is 1.96 bits per heavy atom. The first-order valence-corrected chi connectivity index (χ1v) is 9.03. The minimum absolute atomic E-state index is 0.00874. The number of oxime groups is 1. The summed E-state index contributed by atoms with van der Waals surface area (Å²) in [6.45, 7) is 3.94. The van der Waals surface area contributed by atoms with Crippen LogP contribution in [0.5, 0.6) is 0 Å². The maximum atomic E-state index is 12.6. The molecule has 0 saturated carbocycles. The third-order valence-corrected chi connectivity index (χ3v) is 4.79. The number of carbonyl (C=O) groups is 2. The minimum Gasteiger partial charge on any atom is -0.387 e. The van der Waals surface area contributed by atoms with Gasteiger partial charge in [-0.05, 0) is 24.8 Å². The van der Waals surface area contributed by atoms with Crippen LogP contribution in [0, 0.1) is 5.92 Å². The van der Waals surface area contributed by atoms with Gasteiger partial charge in [0.2, 0.25) is 5.91 Å². The maximum absolute atomic E-state index is 12.6. The van der Waals surface area contributed by atoms with Crippen molar-refractivity contribution >= 4 is 17.5 Å². The fourth-order valence-corrected chi connectivity index (χ4v) is 3.27. The molecule has 25 heavy (non-hydrogen) atoms. The Hall–Kier alpha value is -2.37. The van der Waals surface area contributed by atoms with Gasteiger partial charge in [-0.2, -0.15) is 0 Å². The molecule has 0 spiro atoms. The van der Waals surface area contributed by atoms with Gasteiger partial charge in [0.25, 0.3) is 5.91 Å². The Morgan fingerprint density at radius 1 is 1.24 bits per heavy atom. The van der Waals surface area contributed by atoms with Crippen molar-refractivity contribution in [1.82, 2.24) is 10.2 Å². The molecule has 0 aromatic heterocycles. The predicted molar refractivity (Wildman–Crippen MR) is 94.9 cm³/mol. The molecule has 2 amide bonds. The number of benzene rings is 1. The Labute approximate surface area is 148 Å². The van der Waals surface area contributed by atoms with E-state index in [4.69, 9.17) is 4.84 Å². The van der Waals surface area contributed by atoms with E-state index in [0.29, 0.717) is 44.6 Å². The van der Waals surface area contributed by atoms with Gasteiger partial charge in [0.15, 0.2) is 6.10 Å². The summed E-state index contributed by atoms with van der Waals surface area (Å²) < 4.78 is 0. The molecule has 0 unspecified atom stereocenters. The van der Waals surface area contributed by atoms with Crippen LogP contribution in [-0.4, -0.2) is 42.1 Å². The minimum atomic E-state index is -0.183. The first-order chi connectivity index (χ1) is 12.2. The zero-order valence-corrected chi connectivity index (χ0v) is 14.6. The van der Waals surface area contributed by atoms with E-state index in [1.807, 2.05) is 37.3 Å². The number of carbonyl (C=O) groups excluding carboxylic acids is 2. The normalized spacial score (nSPS) is 20.8. The monoisotopic (exact) mass is 343 g/mol. The maximum Gasteiger partial charge on any atom is 0.271 e. The van der Waals surface area contributed by atoms with E-state index in [2.05, 4.69) is 10.5 Å². The van der Waals surface area contributed by atoms with Gasteiger partial charge in [-0.1, -0.05) is 42.4 Å². The highest BCUT2D eigenvalue weighted by Gasteiger charge is 2.33. The van der Waals surface area contributed by atoms with Crippen molar-refractivity contribution in [1.29, 1.82) is 0 Å². The Balaban J connectivity index is 1.49. The molecule has 1 fully saturated rings. The van der Waals surface area contributed by atoms with Gasteiger partial charge in [0, 0.05) is 32.0 Å². The average Bonchev–Trinajstić information content (AvgIpc) is 3.16. The van der Waals surface area contributed by atoms with Crippen molar-refractivity contribution in [3.05, 3.63) is 35.9 Å². The SMILES string of the molecule is CCCNC(=O)C1CCN(C(=O)C2=NO[C@H](c3ccccc3)C2)CC1. The Kier molecular flexibility index (Phi) is 5.68. The van der Waals surface area contributed by atoms with Gasteiger partial charge in [0.05, 0.1) is 0 Å². The second kappa shape index (κ2) is 8.14. The second-order valence-corrected chi connectivity index (χ2v) is 6.60. The number of likely N-dealkylation sites (tertiary alicyclic amines) is 1. The van der Waals surface area contributed by atoms with Gasteiger partial charge in [0.1, 0.15) is 5.71 Å². The van der Waals surface area contributed by atoms with Crippen LogP contribution in [-0.2, 0) is 14.4 Å². The zero-order valence-electron chi connectivity index (χ0n) is 14.6. The van der Waals surface area contributed by atoms with Crippen LogP contribution in [0.1, 0.15) is 44.3 Å². The molecule has 2 heterocycles. The summed E-state index contributed by atoms with van der Waals surface area (Å²) in [7, 11) is 0. The number of amides is 2. The van der Waals surface area contributed by atoms with Gasteiger partial charge < -0.3 is 15.1 Å². The van der Waals surface area contributed by atoms with E-state index >= 15 is 0 Å². The van der Waals surface area contributed by atoms with Gasteiger partial charge >= 0.3 is 0 Å². The standard InChI is InChI=1S/C19H25N3O3/c1-2-10-20-18(23)15-8-11-22(12-9-15)19(24)16-13-17(25-21-16)14-6-4-3-5-7-14/h3-7,15,17H,2,8-13H2,1H3,(H,20,23)/t17-/m0/s1. The van der Waals surface area contributed by atoms with Gasteiger partial charge in [-0.25, -0.2) is 0 Å². The molecule has 1 saturated heterocycles. The molecule has 0 aliphatic carbocycles. The third-order valence-electron chi connectivity index (χ3n) is 4.79. The highest BCUT2D eigenvalue weighted by Crippen LogP contribution is 2.28. The van der Waals surface area contributed by atoms with Crippen molar-refractivity contribution < 1.29 is 14.4 Å². The number of rotatable bonds is 5. The lowest BCUT2D eigenvalue weighted by Crippen LogP contribution is -2.45. The molecule has 134 valence electrons. The average molecular weight is 343 g/mol. The third kappa shape index (κ3) is 4.18. The van der Waals surface area contributed by atoms with E-state index in [-0.39, 0.29) is 23.8 Å². The summed E-state index contributed by atoms with van der Waals surface area (Å²) in [4.78, 5) is 31.9. The highest BCUT2D eigenvalue weighted by molar-refractivity contribution is 6.39. The summed E-state index contributed by atoms with van der Waals surface area (Å²) in [6, 6.07) is 9.81. The van der Waals surface area contributed by atoms with Crippen molar-refractivity contribution in [3.8, 4) is 0 Å². The summed E-state index contributed by atoms with van der Waals surface area (Å²) in [5.74, 6) is 0.0555. The highest BCUT2D eigenvalue weighted by atomic mass is 16.6. The molecule has 1 aromatic carbocycles. The van der Waals surface area contributed by atoms with E-state index in [9.17, 15) is 9.59 Å². The quantitative estimate of drug-likeness (QED) is 0.891. The first kappa shape index (κ1) is 17.5. The summed E-state index contributed by atoms with van der Waals surface area (Å²) in [5, 5.41) is 6.95. The topological polar surface area (TPSA) is 71.0 Å². The Bertz CT molecular complexity index is 637. The molecule has 6 nitrogen and oxygen atoms in total. The molecular weight excluding hydrogens is 318 g/mol. The van der Waals surface area contributed by atoms with Crippen LogP contribution in [0.2, 0.25) is 0 Å². The lowest BCUT2D eigenvalue weighted by atomic mass is 9.95. The van der Waals surface area contributed by atoms with E-state index < -0.39 is 0 Å². The predicted octanol–water partition coefficient (Wildman–Crippen LogP) is 2.27. The molecule has 6 heteroatoms. The molecular formula is C19H25N3O3. The van der Waals surface area contributed by atoms with E-state index in [0.717, 1.165) is 12.0 Å². The zero-order chi connectivity index (χ0) is 17.6. The number of hydrogen-bond acceptors (Lipinski definition) is 4. The molecule has 1 aromatic rings. The van der Waals surface area contributed by atoms with Crippen LogP contribution in [0.15, 0.2) is 35.5 Å². The first-order valence-electron chi connectivity index (χ1n) is 9.03. The summed E-state index contributed by atoms with van der Waals surface area (Å²) in [6.07, 6.45) is 2.66.